The number of aromatic nitrogens is 2. The average molecular weight is 381 g/mol. The highest BCUT2D eigenvalue weighted by Crippen LogP contribution is 2.24. The molecule has 0 bridgehead atoms. The van der Waals surface area contributed by atoms with Gasteiger partial charge in [-0.2, -0.15) is 0 Å². The molecule has 1 N–H and O–H groups in total. The first-order chi connectivity index (χ1) is 13.5. The van der Waals surface area contributed by atoms with Gasteiger partial charge in [-0.15, -0.1) is 0 Å². The molecule has 0 aliphatic carbocycles. The van der Waals surface area contributed by atoms with Crippen molar-refractivity contribution in [1.82, 2.24) is 14.9 Å². The van der Waals surface area contributed by atoms with E-state index in [1.807, 2.05) is 31.2 Å². The summed E-state index contributed by atoms with van der Waals surface area (Å²) in [6, 6.07) is 10.9. The zero-order valence-corrected chi connectivity index (χ0v) is 16.2. The number of para-hydroxylation sites is 1. The summed E-state index contributed by atoms with van der Waals surface area (Å²) in [4.78, 5) is 29.2. The second-order valence-corrected chi connectivity index (χ2v) is 6.42. The lowest BCUT2D eigenvalue weighted by molar-refractivity contribution is -0.121. The molecule has 0 saturated heterocycles. The van der Waals surface area contributed by atoms with Crippen molar-refractivity contribution >= 4 is 16.8 Å². The van der Waals surface area contributed by atoms with Crippen LogP contribution in [-0.2, 0) is 17.9 Å². The Hall–Kier alpha value is -3.35. The molecule has 1 heterocycles. The van der Waals surface area contributed by atoms with E-state index in [4.69, 9.17) is 9.47 Å². The molecule has 7 heteroatoms. The zero-order chi connectivity index (χ0) is 20.1. The van der Waals surface area contributed by atoms with E-state index in [2.05, 4.69) is 10.3 Å². The quantitative estimate of drug-likeness (QED) is 0.680. The summed E-state index contributed by atoms with van der Waals surface area (Å²) in [7, 11) is 3.15. The van der Waals surface area contributed by atoms with Crippen molar-refractivity contribution < 1.29 is 14.3 Å². The van der Waals surface area contributed by atoms with Gasteiger partial charge >= 0.3 is 0 Å². The summed E-state index contributed by atoms with van der Waals surface area (Å²) in [5.74, 6) is 1.17. The molecule has 0 aliphatic heterocycles. The number of carbonyl (C=O) groups is 1. The van der Waals surface area contributed by atoms with Crippen LogP contribution in [0.3, 0.4) is 0 Å². The van der Waals surface area contributed by atoms with Crippen LogP contribution < -0.4 is 20.3 Å². The maximum absolute atomic E-state index is 12.6. The normalized spacial score (nSPS) is 10.7. The number of fused-ring (bicyclic) bond motifs is 1. The van der Waals surface area contributed by atoms with E-state index in [1.165, 1.54) is 10.9 Å². The van der Waals surface area contributed by atoms with Gasteiger partial charge in [0, 0.05) is 31.1 Å². The molecule has 3 aromatic rings. The van der Waals surface area contributed by atoms with E-state index in [0.717, 1.165) is 11.1 Å². The summed E-state index contributed by atoms with van der Waals surface area (Å²) in [5, 5.41) is 3.41. The third-order valence-corrected chi connectivity index (χ3v) is 4.61. The largest absolute Gasteiger partial charge is 0.497 e. The van der Waals surface area contributed by atoms with Crippen molar-refractivity contribution in [3.8, 4) is 11.5 Å². The van der Waals surface area contributed by atoms with Crippen LogP contribution in [0.4, 0.5) is 0 Å². The maximum Gasteiger partial charge on any atom is 0.261 e. The Morgan fingerprint density at radius 3 is 2.75 bits per heavy atom. The Morgan fingerprint density at radius 1 is 1.18 bits per heavy atom. The van der Waals surface area contributed by atoms with Gasteiger partial charge in [-0.05, 0) is 30.7 Å². The van der Waals surface area contributed by atoms with E-state index < -0.39 is 0 Å². The molecule has 146 valence electrons. The number of benzene rings is 2. The minimum Gasteiger partial charge on any atom is -0.497 e. The Balaban J connectivity index is 1.63. The van der Waals surface area contributed by atoms with Gasteiger partial charge < -0.3 is 14.8 Å². The van der Waals surface area contributed by atoms with Crippen LogP contribution in [0.15, 0.2) is 47.5 Å². The number of carbonyl (C=O) groups excluding carboxylic acids is 1. The van der Waals surface area contributed by atoms with Crippen LogP contribution in [-0.4, -0.2) is 29.7 Å². The van der Waals surface area contributed by atoms with Gasteiger partial charge in [0.2, 0.25) is 5.91 Å². The first kappa shape index (κ1) is 19.4. The molecule has 0 saturated carbocycles. The molecule has 0 spiro atoms. The number of nitrogens with zero attached hydrogens (tertiary/aromatic N) is 2. The number of hydrogen-bond acceptors (Lipinski definition) is 5. The molecule has 3 rings (SSSR count). The molecule has 7 nitrogen and oxygen atoms in total. The van der Waals surface area contributed by atoms with Crippen LogP contribution in [0.25, 0.3) is 10.9 Å². The lowest BCUT2D eigenvalue weighted by atomic mass is 10.1. The van der Waals surface area contributed by atoms with Gasteiger partial charge in [0.25, 0.3) is 5.56 Å². The Kier molecular flexibility index (Phi) is 5.93. The number of aryl methyl sites for hydroxylation is 2. The van der Waals surface area contributed by atoms with Gasteiger partial charge in [-0.3, -0.25) is 14.2 Å². The van der Waals surface area contributed by atoms with Gasteiger partial charge in [0.05, 0.1) is 31.4 Å². The summed E-state index contributed by atoms with van der Waals surface area (Å²) in [6.45, 7) is 2.51. The summed E-state index contributed by atoms with van der Waals surface area (Å²) >= 11 is 0. The highest BCUT2D eigenvalue weighted by Gasteiger charge is 2.10. The van der Waals surface area contributed by atoms with Crippen LogP contribution >= 0.6 is 0 Å². The fourth-order valence-corrected chi connectivity index (χ4v) is 3.00. The lowest BCUT2D eigenvalue weighted by Gasteiger charge is -2.12. The molecule has 0 radical (unpaired) electrons. The van der Waals surface area contributed by atoms with E-state index in [9.17, 15) is 9.59 Å². The number of methoxy groups -OCH3 is 2. The summed E-state index contributed by atoms with van der Waals surface area (Å²) in [5.41, 5.74) is 2.35. The number of ether oxygens (including phenoxy) is 2. The molecule has 0 aliphatic rings. The molecule has 0 fully saturated rings. The number of amides is 1. The first-order valence-electron chi connectivity index (χ1n) is 8.96. The topological polar surface area (TPSA) is 82.5 Å². The molecule has 2 aromatic carbocycles. The summed E-state index contributed by atoms with van der Waals surface area (Å²) < 4.78 is 12.0. The number of rotatable bonds is 7. The van der Waals surface area contributed by atoms with E-state index >= 15 is 0 Å². The standard InChI is InChI=1S/C21H23N3O4/c1-14-5-4-6-17-20(14)23-13-24(21(17)26)10-9-19(25)22-12-15-7-8-16(27-2)11-18(15)28-3/h4-8,11,13H,9-10,12H2,1-3H3,(H,22,25). The lowest BCUT2D eigenvalue weighted by Crippen LogP contribution is -2.27. The summed E-state index contributed by atoms with van der Waals surface area (Å²) in [6.07, 6.45) is 1.68. The van der Waals surface area contributed by atoms with Gasteiger partial charge in [-0.25, -0.2) is 4.98 Å². The fourth-order valence-electron chi connectivity index (χ4n) is 3.00. The fraction of sp³-hybridized carbons (Fsp3) is 0.286. The monoisotopic (exact) mass is 381 g/mol. The van der Waals surface area contributed by atoms with Crippen molar-refractivity contribution in [3.63, 3.8) is 0 Å². The highest BCUT2D eigenvalue weighted by molar-refractivity contribution is 5.80. The molecule has 1 aromatic heterocycles. The minimum absolute atomic E-state index is 0.140. The minimum atomic E-state index is -0.158. The molecule has 0 unspecified atom stereocenters. The molecule has 0 atom stereocenters. The number of nitrogens with one attached hydrogen (secondary N) is 1. The van der Waals surface area contributed by atoms with Gasteiger partial charge in [0.15, 0.2) is 0 Å². The SMILES string of the molecule is COc1ccc(CNC(=O)CCn2cnc3c(C)cccc3c2=O)c(OC)c1. The van der Waals surface area contributed by atoms with Crippen molar-refractivity contribution in [2.24, 2.45) is 0 Å². The average Bonchev–Trinajstić information content (AvgIpc) is 2.72. The molecule has 1 amide bonds. The van der Waals surface area contributed by atoms with E-state index in [0.29, 0.717) is 28.9 Å². The predicted molar refractivity (Wildman–Crippen MR) is 107 cm³/mol. The first-order valence-corrected chi connectivity index (χ1v) is 8.96. The molecular weight excluding hydrogens is 358 g/mol. The third kappa shape index (κ3) is 4.14. The highest BCUT2D eigenvalue weighted by atomic mass is 16.5. The Morgan fingerprint density at radius 2 is 2.00 bits per heavy atom. The maximum atomic E-state index is 12.6. The van der Waals surface area contributed by atoms with Crippen molar-refractivity contribution in [3.05, 3.63) is 64.2 Å². The predicted octanol–water partition coefficient (Wildman–Crippen LogP) is 2.43. The van der Waals surface area contributed by atoms with Crippen LogP contribution in [0.2, 0.25) is 0 Å². The number of hydrogen-bond donors (Lipinski definition) is 1. The Bertz CT molecular complexity index is 1060. The van der Waals surface area contributed by atoms with Crippen molar-refractivity contribution in [1.29, 1.82) is 0 Å². The smallest absolute Gasteiger partial charge is 0.261 e. The molecular formula is C21H23N3O4. The second-order valence-electron chi connectivity index (χ2n) is 6.42. The van der Waals surface area contributed by atoms with E-state index in [-0.39, 0.29) is 24.4 Å². The van der Waals surface area contributed by atoms with Crippen molar-refractivity contribution in [2.45, 2.75) is 26.4 Å². The third-order valence-electron chi connectivity index (χ3n) is 4.61. The Labute approximate surface area is 162 Å². The second kappa shape index (κ2) is 8.56. The van der Waals surface area contributed by atoms with Gasteiger partial charge in [-0.1, -0.05) is 12.1 Å². The van der Waals surface area contributed by atoms with Crippen LogP contribution in [0, 0.1) is 6.92 Å². The zero-order valence-electron chi connectivity index (χ0n) is 16.2. The van der Waals surface area contributed by atoms with Crippen LogP contribution in [0.1, 0.15) is 17.5 Å². The van der Waals surface area contributed by atoms with Gasteiger partial charge in [0.1, 0.15) is 11.5 Å². The molecule has 28 heavy (non-hydrogen) atoms. The van der Waals surface area contributed by atoms with E-state index in [1.54, 1.807) is 26.4 Å². The van der Waals surface area contributed by atoms with Crippen LogP contribution in [0.5, 0.6) is 11.5 Å². The van der Waals surface area contributed by atoms with Crippen molar-refractivity contribution in [2.75, 3.05) is 14.2 Å².